The molecule has 0 bridgehead atoms. The molecule has 0 aliphatic carbocycles. The van der Waals surface area contributed by atoms with Crippen molar-refractivity contribution in [2.24, 2.45) is 0 Å². The van der Waals surface area contributed by atoms with Gasteiger partial charge in [0.1, 0.15) is 5.75 Å². The molecule has 0 amide bonds. The zero-order valence-electron chi connectivity index (χ0n) is 11.1. The molecule has 4 nitrogen and oxygen atoms in total. The van der Waals surface area contributed by atoms with Crippen LogP contribution in [0.25, 0.3) is 0 Å². The Morgan fingerprint density at radius 3 is 2.89 bits per heavy atom. The second-order valence-electron chi connectivity index (χ2n) is 4.18. The van der Waals surface area contributed by atoms with Crippen LogP contribution in [0.4, 0.5) is 5.69 Å². The standard InChI is InChI=1S/C14H19N3O/c1-4-17-13(8-11(2)16-17)10-15-12-6-5-7-14(9-12)18-3/h5-9,15H,4,10H2,1-3H3. The summed E-state index contributed by atoms with van der Waals surface area (Å²) in [5.74, 6) is 0.861. The third-order valence-corrected chi connectivity index (χ3v) is 2.83. The van der Waals surface area contributed by atoms with Crippen LogP contribution in [0.15, 0.2) is 30.3 Å². The Hall–Kier alpha value is -1.97. The lowest BCUT2D eigenvalue weighted by molar-refractivity contribution is 0.415. The molecular weight excluding hydrogens is 226 g/mol. The van der Waals surface area contributed by atoms with Crippen molar-refractivity contribution in [3.8, 4) is 5.75 Å². The molecule has 0 unspecified atom stereocenters. The molecule has 1 aromatic carbocycles. The van der Waals surface area contributed by atoms with Crippen LogP contribution in [0, 0.1) is 6.92 Å². The summed E-state index contributed by atoms with van der Waals surface area (Å²) in [5, 5.41) is 7.81. The Labute approximate surface area is 108 Å². The lowest BCUT2D eigenvalue weighted by Gasteiger charge is -2.09. The number of rotatable bonds is 5. The quantitative estimate of drug-likeness (QED) is 0.880. The Morgan fingerprint density at radius 1 is 1.33 bits per heavy atom. The van der Waals surface area contributed by atoms with Crippen molar-refractivity contribution in [2.75, 3.05) is 12.4 Å². The van der Waals surface area contributed by atoms with Gasteiger partial charge in [0, 0.05) is 18.3 Å². The molecule has 2 rings (SSSR count). The van der Waals surface area contributed by atoms with Gasteiger partial charge < -0.3 is 10.1 Å². The average Bonchev–Trinajstić information content (AvgIpc) is 2.77. The van der Waals surface area contributed by atoms with Crippen molar-refractivity contribution < 1.29 is 4.74 Å². The predicted octanol–water partition coefficient (Wildman–Crippen LogP) is 2.83. The monoisotopic (exact) mass is 245 g/mol. The van der Waals surface area contributed by atoms with Crippen LogP contribution >= 0.6 is 0 Å². The van der Waals surface area contributed by atoms with Gasteiger partial charge in [-0.2, -0.15) is 5.10 Å². The number of methoxy groups -OCH3 is 1. The SMILES string of the molecule is CCn1nc(C)cc1CNc1cccc(OC)c1. The summed E-state index contributed by atoms with van der Waals surface area (Å²) < 4.78 is 7.21. The molecule has 0 saturated heterocycles. The fourth-order valence-electron chi connectivity index (χ4n) is 1.94. The van der Waals surface area contributed by atoms with Gasteiger partial charge in [0.2, 0.25) is 0 Å². The van der Waals surface area contributed by atoms with Gasteiger partial charge in [-0.05, 0) is 32.0 Å². The van der Waals surface area contributed by atoms with Gasteiger partial charge in [-0.15, -0.1) is 0 Å². The molecular formula is C14H19N3O. The van der Waals surface area contributed by atoms with E-state index in [-0.39, 0.29) is 0 Å². The van der Waals surface area contributed by atoms with E-state index < -0.39 is 0 Å². The van der Waals surface area contributed by atoms with Crippen LogP contribution in [-0.2, 0) is 13.1 Å². The highest BCUT2D eigenvalue weighted by molar-refractivity contribution is 5.48. The first kappa shape index (κ1) is 12.5. The number of nitrogens with one attached hydrogen (secondary N) is 1. The molecule has 0 saturated carbocycles. The van der Waals surface area contributed by atoms with Crippen molar-refractivity contribution in [1.82, 2.24) is 9.78 Å². The molecule has 1 aromatic heterocycles. The number of aromatic nitrogens is 2. The molecule has 2 aromatic rings. The molecule has 0 fully saturated rings. The van der Waals surface area contributed by atoms with Crippen molar-refractivity contribution in [2.45, 2.75) is 26.9 Å². The Morgan fingerprint density at radius 2 is 2.17 bits per heavy atom. The normalized spacial score (nSPS) is 10.4. The van der Waals surface area contributed by atoms with Crippen LogP contribution in [0.5, 0.6) is 5.75 Å². The first-order chi connectivity index (χ1) is 8.72. The molecule has 1 N–H and O–H groups in total. The molecule has 0 radical (unpaired) electrons. The first-order valence-electron chi connectivity index (χ1n) is 6.14. The minimum atomic E-state index is 0.766. The third kappa shape index (κ3) is 2.83. The second-order valence-corrected chi connectivity index (χ2v) is 4.18. The van der Waals surface area contributed by atoms with Crippen molar-refractivity contribution >= 4 is 5.69 Å². The van der Waals surface area contributed by atoms with Crippen LogP contribution in [-0.4, -0.2) is 16.9 Å². The molecule has 18 heavy (non-hydrogen) atoms. The maximum absolute atomic E-state index is 5.20. The number of aryl methyl sites for hydroxylation is 2. The number of anilines is 1. The Kier molecular flexibility index (Phi) is 3.87. The van der Waals surface area contributed by atoms with E-state index >= 15 is 0 Å². The fourth-order valence-corrected chi connectivity index (χ4v) is 1.94. The van der Waals surface area contributed by atoms with E-state index in [9.17, 15) is 0 Å². The summed E-state index contributed by atoms with van der Waals surface area (Å²) in [6, 6.07) is 10.0. The highest BCUT2D eigenvalue weighted by Crippen LogP contribution is 2.17. The minimum absolute atomic E-state index is 0.766. The largest absolute Gasteiger partial charge is 0.497 e. The van der Waals surface area contributed by atoms with Gasteiger partial charge in [0.15, 0.2) is 0 Å². The molecule has 0 spiro atoms. The van der Waals surface area contributed by atoms with E-state index in [1.54, 1.807) is 7.11 Å². The number of nitrogens with zero attached hydrogens (tertiary/aromatic N) is 2. The van der Waals surface area contributed by atoms with Crippen LogP contribution in [0.3, 0.4) is 0 Å². The first-order valence-corrected chi connectivity index (χ1v) is 6.14. The number of benzene rings is 1. The maximum atomic E-state index is 5.20. The van der Waals surface area contributed by atoms with Gasteiger partial charge in [-0.25, -0.2) is 0 Å². The van der Waals surface area contributed by atoms with E-state index in [4.69, 9.17) is 4.74 Å². The van der Waals surface area contributed by atoms with E-state index in [1.807, 2.05) is 35.9 Å². The van der Waals surface area contributed by atoms with E-state index in [0.717, 1.165) is 30.2 Å². The predicted molar refractivity (Wildman–Crippen MR) is 73.0 cm³/mol. The number of hydrogen-bond donors (Lipinski definition) is 1. The van der Waals surface area contributed by atoms with E-state index in [0.29, 0.717) is 0 Å². The fraction of sp³-hybridized carbons (Fsp3) is 0.357. The minimum Gasteiger partial charge on any atom is -0.497 e. The van der Waals surface area contributed by atoms with Gasteiger partial charge >= 0.3 is 0 Å². The molecule has 0 atom stereocenters. The second kappa shape index (κ2) is 5.58. The smallest absolute Gasteiger partial charge is 0.120 e. The number of hydrogen-bond acceptors (Lipinski definition) is 3. The van der Waals surface area contributed by atoms with Crippen molar-refractivity contribution in [3.05, 3.63) is 41.7 Å². The zero-order chi connectivity index (χ0) is 13.0. The Bertz CT molecular complexity index is 520. The molecule has 1 heterocycles. The third-order valence-electron chi connectivity index (χ3n) is 2.83. The summed E-state index contributed by atoms with van der Waals surface area (Å²) in [7, 11) is 1.68. The zero-order valence-corrected chi connectivity index (χ0v) is 11.1. The van der Waals surface area contributed by atoms with Gasteiger partial charge in [0.05, 0.1) is 25.0 Å². The van der Waals surface area contributed by atoms with Crippen LogP contribution in [0.1, 0.15) is 18.3 Å². The molecule has 4 heteroatoms. The summed E-state index contributed by atoms with van der Waals surface area (Å²) in [6.45, 7) is 5.77. The maximum Gasteiger partial charge on any atom is 0.120 e. The number of ether oxygens (including phenoxy) is 1. The van der Waals surface area contributed by atoms with Crippen LogP contribution < -0.4 is 10.1 Å². The average molecular weight is 245 g/mol. The summed E-state index contributed by atoms with van der Waals surface area (Å²) in [5.41, 5.74) is 3.30. The topological polar surface area (TPSA) is 39.1 Å². The Balaban J connectivity index is 2.06. The van der Waals surface area contributed by atoms with Gasteiger partial charge in [-0.3, -0.25) is 4.68 Å². The lowest BCUT2D eigenvalue weighted by atomic mass is 10.3. The summed E-state index contributed by atoms with van der Waals surface area (Å²) in [4.78, 5) is 0. The summed E-state index contributed by atoms with van der Waals surface area (Å²) >= 11 is 0. The highest BCUT2D eigenvalue weighted by Gasteiger charge is 2.03. The molecule has 0 aliphatic rings. The molecule has 0 aliphatic heterocycles. The van der Waals surface area contributed by atoms with E-state index in [1.165, 1.54) is 5.69 Å². The summed E-state index contributed by atoms with van der Waals surface area (Å²) in [6.07, 6.45) is 0. The molecule has 96 valence electrons. The van der Waals surface area contributed by atoms with Crippen molar-refractivity contribution in [3.63, 3.8) is 0 Å². The highest BCUT2D eigenvalue weighted by atomic mass is 16.5. The van der Waals surface area contributed by atoms with E-state index in [2.05, 4.69) is 23.4 Å². The van der Waals surface area contributed by atoms with Gasteiger partial charge in [-0.1, -0.05) is 6.07 Å². The van der Waals surface area contributed by atoms with Gasteiger partial charge in [0.25, 0.3) is 0 Å². The lowest BCUT2D eigenvalue weighted by Crippen LogP contribution is -2.07. The van der Waals surface area contributed by atoms with Crippen molar-refractivity contribution in [1.29, 1.82) is 0 Å². The van der Waals surface area contributed by atoms with Crippen LogP contribution in [0.2, 0.25) is 0 Å².